The monoisotopic (exact) mass is 436 g/mol. The van der Waals surface area contributed by atoms with Crippen LogP contribution >= 0.6 is 15.9 Å². The number of likely N-dealkylation sites (tertiary alicyclic amines) is 1. The SMILES string of the molecule is CCOc1c(Br)cc(C(=O)NCC(c2ccco2)N2CCCC2)cc1OC. The molecule has 6 nitrogen and oxygen atoms in total. The van der Waals surface area contributed by atoms with Gasteiger partial charge in [-0.1, -0.05) is 0 Å². The van der Waals surface area contributed by atoms with Gasteiger partial charge in [-0.2, -0.15) is 0 Å². The van der Waals surface area contributed by atoms with Crippen molar-refractivity contribution < 1.29 is 18.7 Å². The van der Waals surface area contributed by atoms with Crippen LogP contribution in [0.3, 0.4) is 0 Å². The van der Waals surface area contributed by atoms with E-state index in [2.05, 4.69) is 26.1 Å². The zero-order chi connectivity index (χ0) is 19.2. The second-order valence-corrected chi connectivity index (χ2v) is 7.26. The van der Waals surface area contributed by atoms with Crippen molar-refractivity contribution in [3.63, 3.8) is 0 Å². The Balaban J connectivity index is 1.73. The largest absolute Gasteiger partial charge is 0.493 e. The molecule has 1 aromatic carbocycles. The summed E-state index contributed by atoms with van der Waals surface area (Å²) in [4.78, 5) is 15.1. The summed E-state index contributed by atoms with van der Waals surface area (Å²) in [5.74, 6) is 1.84. The first-order valence-electron chi connectivity index (χ1n) is 9.20. The smallest absolute Gasteiger partial charge is 0.251 e. The van der Waals surface area contributed by atoms with Gasteiger partial charge in [-0.15, -0.1) is 0 Å². The van der Waals surface area contributed by atoms with E-state index in [-0.39, 0.29) is 11.9 Å². The molecule has 0 bridgehead atoms. The Bertz CT molecular complexity index is 758. The van der Waals surface area contributed by atoms with Crippen LogP contribution in [0.15, 0.2) is 39.4 Å². The molecule has 2 aromatic rings. The van der Waals surface area contributed by atoms with E-state index < -0.39 is 0 Å². The van der Waals surface area contributed by atoms with E-state index in [1.165, 1.54) is 12.8 Å². The van der Waals surface area contributed by atoms with E-state index >= 15 is 0 Å². The Morgan fingerprint density at radius 2 is 2.15 bits per heavy atom. The van der Waals surface area contributed by atoms with Crippen LogP contribution in [0.25, 0.3) is 0 Å². The average Bonchev–Trinajstić information content (AvgIpc) is 3.37. The van der Waals surface area contributed by atoms with Crippen molar-refractivity contribution in [2.45, 2.75) is 25.8 Å². The second kappa shape index (κ2) is 9.28. The molecule has 2 heterocycles. The number of rotatable bonds is 8. The number of carbonyl (C=O) groups is 1. The number of nitrogens with one attached hydrogen (secondary N) is 1. The number of benzene rings is 1. The first-order chi connectivity index (χ1) is 13.1. The van der Waals surface area contributed by atoms with E-state index in [1.807, 2.05) is 19.1 Å². The van der Waals surface area contributed by atoms with Gasteiger partial charge in [0.05, 0.1) is 30.5 Å². The normalized spacial score (nSPS) is 15.5. The quantitative estimate of drug-likeness (QED) is 0.676. The van der Waals surface area contributed by atoms with Crippen LogP contribution < -0.4 is 14.8 Å². The Hall–Kier alpha value is -1.99. The zero-order valence-electron chi connectivity index (χ0n) is 15.7. The minimum absolute atomic E-state index is 0.0412. The van der Waals surface area contributed by atoms with Crippen molar-refractivity contribution in [3.8, 4) is 11.5 Å². The van der Waals surface area contributed by atoms with Gasteiger partial charge in [0.15, 0.2) is 11.5 Å². The van der Waals surface area contributed by atoms with Gasteiger partial charge in [-0.05, 0) is 73.1 Å². The van der Waals surface area contributed by atoms with Gasteiger partial charge in [-0.25, -0.2) is 0 Å². The maximum Gasteiger partial charge on any atom is 0.251 e. The Labute approximate surface area is 167 Å². The molecule has 1 unspecified atom stereocenters. The summed E-state index contributed by atoms with van der Waals surface area (Å²) >= 11 is 3.47. The predicted octanol–water partition coefficient (Wildman–Crippen LogP) is 4.02. The summed E-state index contributed by atoms with van der Waals surface area (Å²) in [6, 6.07) is 7.34. The van der Waals surface area contributed by atoms with Gasteiger partial charge in [0, 0.05) is 12.1 Å². The van der Waals surface area contributed by atoms with E-state index in [0.717, 1.165) is 18.8 Å². The van der Waals surface area contributed by atoms with Gasteiger partial charge in [0.25, 0.3) is 5.91 Å². The molecule has 1 saturated heterocycles. The van der Waals surface area contributed by atoms with Gasteiger partial charge in [0.1, 0.15) is 5.76 Å². The summed E-state index contributed by atoms with van der Waals surface area (Å²) < 4.78 is 17.3. The van der Waals surface area contributed by atoms with Crippen molar-refractivity contribution in [1.29, 1.82) is 0 Å². The van der Waals surface area contributed by atoms with E-state index in [0.29, 0.717) is 34.7 Å². The first-order valence-corrected chi connectivity index (χ1v) is 9.99. The lowest BCUT2D eigenvalue weighted by Gasteiger charge is -2.26. The second-order valence-electron chi connectivity index (χ2n) is 6.41. The number of hydrogen-bond donors (Lipinski definition) is 1. The molecule has 0 spiro atoms. The average molecular weight is 437 g/mol. The van der Waals surface area contributed by atoms with Crippen LogP contribution in [0, 0.1) is 0 Å². The third-order valence-electron chi connectivity index (χ3n) is 4.69. The lowest BCUT2D eigenvalue weighted by Crippen LogP contribution is -2.36. The summed E-state index contributed by atoms with van der Waals surface area (Å²) in [6.45, 7) is 4.94. The Morgan fingerprint density at radius 3 is 2.78 bits per heavy atom. The number of amides is 1. The minimum atomic E-state index is -0.159. The van der Waals surface area contributed by atoms with Crippen molar-refractivity contribution in [2.75, 3.05) is 33.4 Å². The van der Waals surface area contributed by atoms with Crippen LogP contribution in [0.4, 0.5) is 0 Å². The fourth-order valence-electron chi connectivity index (χ4n) is 3.37. The number of furan rings is 1. The fraction of sp³-hybridized carbons (Fsp3) is 0.450. The summed E-state index contributed by atoms with van der Waals surface area (Å²) in [5, 5.41) is 3.04. The topological polar surface area (TPSA) is 63.9 Å². The minimum Gasteiger partial charge on any atom is -0.493 e. The molecule has 0 aliphatic carbocycles. The fourth-order valence-corrected chi connectivity index (χ4v) is 3.93. The standard InChI is InChI=1S/C20H25BrN2O4/c1-3-26-19-15(21)11-14(12-18(19)25-2)20(24)22-13-16(17-7-6-10-27-17)23-8-4-5-9-23/h6-7,10-12,16H,3-5,8-9,13H2,1-2H3,(H,22,24). The van der Waals surface area contributed by atoms with Crippen LogP contribution in [-0.4, -0.2) is 44.2 Å². The lowest BCUT2D eigenvalue weighted by atomic mass is 10.1. The number of halogens is 1. The van der Waals surface area contributed by atoms with Gasteiger partial charge >= 0.3 is 0 Å². The third-order valence-corrected chi connectivity index (χ3v) is 5.28. The summed E-state index contributed by atoms with van der Waals surface area (Å²) in [7, 11) is 1.56. The third kappa shape index (κ3) is 4.65. The molecular weight excluding hydrogens is 412 g/mol. The van der Waals surface area contributed by atoms with E-state index in [1.54, 1.807) is 25.5 Å². The number of carbonyl (C=O) groups excluding carboxylic acids is 1. The molecular formula is C20H25BrN2O4. The van der Waals surface area contributed by atoms with E-state index in [4.69, 9.17) is 13.9 Å². The lowest BCUT2D eigenvalue weighted by molar-refractivity contribution is 0.0933. The molecule has 27 heavy (non-hydrogen) atoms. The highest BCUT2D eigenvalue weighted by atomic mass is 79.9. The maximum absolute atomic E-state index is 12.7. The van der Waals surface area contributed by atoms with Gasteiger partial charge < -0.3 is 19.2 Å². The molecule has 0 saturated carbocycles. The van der Waals surface area contributed by atoms with Gasteiger partial charge in [0.2, 0.25) is 0 Å². The molecule has 1 N–H and O–H groups in total. The first kappa shape index (κ1) is 19.8. The van der Waals surface area contributed by atoms with Crippen LogP contribution in [0.5, 0.6) is 11.5 Å². The number of methoxy groups -OCH3 is 1. The Kier molecular flexibility index (Phi) is 6.79. The van der Waals surface area contributed by atoms with Crippen LogP contribution in [0.2, 0.25) is 0 Å². The highest BCUT2D eigenvalue weighted by molar-refractivity contribution is 9.10. The summed E-state index contributed by atoms with van der Waals surface area (Å²) in [5.41, 5.74) is 0.516. The number of nitrogens with zero attached hydrogens (tertiary/aromatic N) is 1. The van der Waals surface area contributed by atoms with Crippen molar-refractivity contribution >= 4 is 21.8 Å². The molecule has 0 radical (unpaired) electrons. The molecule has 1 aliphatic rings. The molecule has 1 amide bonds. The zero-order valence-corrected chi connectivity index (χ0v) is 17.3. The van der Waals surface area contributed by atoms with Crippen LogP contribution in [-0.2, 0) is 0 Å². The molecule has 1 aliphatic heterocycles. The number of ether oxygens (including phenoxy) is 2. The number of hydrogen-bond acceptors (Lipinski definition) is 5. The van der Waals surface area contributed by atoms with E-state index in [9.17, 15) is 4.79 Å². The maximum atomic E-state index is 12.7. The van der Waals surface area contributed by atoms with Gasteiger partial charge in [-0.3, -0.25) is 9.69 Å². The molecule has 1 aromatic heterocycles. The predicted molar refractivity (Wildman–Crippen MR) is 106 cm³/mol. The summed E-state index contributed by atoms with van der Waals surface area (Å²) in [6.07, 6.45) is 4.02. The Morgan fingerprint density at radius 1 is 1.37 bits per heavy atom. The molecule has 1 atom stereocenters. The molecule has 146 valence electrons. The molecule has 3 rings (SSSR count). The molecule has 7 heteroatoms. The highest BCUT2D eigenvalue weighted by Crippen LogP contribution is 2.36. The highest BCUT2D eigenvalue weighted by Gasteiger charge is 2.26. The van der Waals surface area contributed by atoms with Crippen molar-refractivity contribution in [2.24, 2.45) is 0 Å². The van der Waals surface area contributed by atoms with Crippen LogP contribution in [0.1, 0.15) is 41.9 Å². The molecule has 1 fully saturated rings. The van der Waals surface area contributed by atoms with Crippen molar-refractivity contribution in [1.82, 2.24) is 10.2 Å². The van der Waals surface area contributed by atoms with Crippen molar-refractivity contribution in [3.05, 3.63) is 46.3 Å².